The Balaban J connectivity index is 1.81. The molecule has 0 bridgehead atoms. The average Bonchev–Trinajstić information content (AvgIpc) is 3.11. The lowest BCUT2D eigenvalue weighted by atomic mass is 10.1. The molecule has 1 aliphatic heterocycles. The van der Waals surface area contributed by atoms with E-state index < -0.39 is 10.0 Å². The summed E-state index contributed by atoms with van der Waals surface area (Å²) in [6, 6.07) is 1.46. The van der Waals surface area contributed by atoms with Crippen LogP contribution in [0.4, 0.5) is 0 Å². The van der Waals surface area contributed by atoms with Crippen molar-refractivity contribution in [1.29, 1.82) is 0 Å². The molecule has 0 saturated heterocycles. The molecular weight excluding hydrogens is 320 g/mol. The van der Waals surface area contributed by atoms with Gasteiger partial charge < -0.3 is 9.47 Å². The first-order valence-electron chi connectivity index (χ1n) is 7.08. The molecule has 23 heavy (non-hydrogen) atoms. The Morgan fingerprint density at radius 3 is 2.91 bits per heavy atom. The second-order valence-electron chi connectivity index (χ2n) is 5.63. The van der Waals surface area contributed by atoms with Gasteiger partial charge in [-0.3, -0.25) is 9.48 Å². The number of carbonyl (C=O) groups excluding carboxylic acids is 1. The Morgan fingerprint density at radius 2 is 2.26 bits per heavy atom. The summed E-state index contributed by atoms with van der Waals surface area (Å²) >= 11 is 0. The molecule has 3 rings (SSSR count). The van der Waals surface area contributed by atoms with Crippen molar-refractivity contribution in [3.8, 4) is 0 Å². The summed E-state index contributed by atoms with van der Waals surface area (Å²) < 4.78 is 28.6. The van der Waals surface area contributed by atoms with Gasteiger partial charge in [-0.25, -0.2) is 18.1 Å². The van der Waals surface area contributed by atoms with Gasteiger partial charge in [0.1, 0.15) is 5.69 Å². The monoisotopic (exact) mass is 338 g/mol. The summed E-state index contributed by atoms with van der Waals surface area (Å²) in [5, 5.41) is 4.13. The highest BCUT2D eigenvalue weighted by Gasteiger charge is 2.29. The number of rotatable bonds is 4. The number of hydrogen-bond acceptors (Lipinski definition) is 5. The molecule has 1 atom stereocenters. The van der Waals surface area contributed by atoms with Gasteiger partial charge in [-0.1, -0.05) is 0 Å². The van der Waals surface area contributed by atoms with Gasteiger partial charge >= 0.3 is 0 Å². The number of hydrogen-bond donors (Lipinski definition) is 1. The van der Waals surface area contributed by atoms with Crippen LogP contribution in [0.25, 0.3) is 0 Å². The van der Waals surface area contributed by atoms with Crippen LogP contribution in [0.5, 0.6) is 0 Å². The number of aromatic nitrogens is 4. The van der Waals surface area contributed by atoms with Crippen molar-refractivity contribution in [2.75, 3.05) is 19.3 Å². The molecule has 0 aromatic carbocycles. The van der Waals surface area contributed by atoms with Gasteiger partial charge in [0.25, 0.3) is 5.91 Å². The Labute approximate surface area is 134 Å². The minimum atomic E-state index is -3.30. The summed E-state index contributed by atoms with van der Waals surface area (Å²) in [5.41, 5.74) is 1.23. The first-order valence-corrected chi connectivity index (χ1v) is 8.97. The lowest BCUT2D eigenvalue weighted by Crippen LogP contribution is -2.44. The Kier molecular flexibility index (Phi) is 3.94. The highest BCUT2D eigenvalue weighted by atomic mass is 32.2. The molecule has 2 aromatic heterocycles. The fourth-order valence-corrected chi connectivity index (χ4v) is 3.14. The second-order valence-corrected chi connectivity index (χ2v) is 7.46. The Bertz CT molecular complexity index is 824. The number of imidazole rings is 1. The zero-order chi connectivity index (χ0) is 16.6. The highest BCUT2D eigenvalue weighted by Crippen LogP contribution is 2.22. The fraction of sp³-hybridized carbons (Fsp3) is 0.462. The van der Waals surface area contributed by atoms with E-state index in [-0.39, 0.29) is 18.5 Å². The third kappa shape index (κ3) is 3.42. The summed E-state index contributed by atoms with van der Waals surface area (Å²) in [6.07, 6.45) is 6.17. The van der Waals surface area contributed by atoms with Crippen LogP contribution in [0.3, 0.4) is 0 Å². The summed E-state index contributed by atoms with van der Waals surface area (Å²) in [6.45, 7) is 1.01. The predicted molar refractivity (Wildman–Crippen MR) is 82.1 cm³/mol. The summed E-state index contributed by atoms with van der Waals surface area (Å²) in [5.74, 6) is -0.178. The van der Waals surface area contributed by atoms with Crippen LogP contribution in [0, 0.1) is 0 Å². The molecule has 0 spiro atoms. The molecular formula is C13H18N6O3S. The first-order chi connectivity index (χ1) is 10.8. The van der Waals surface area contributed by atoms with Crippen LogP contribution in [-0.2, 0) is 23.6 Å². The average molecular weight is 338 g/mol. The van der Waals surface area contributed by atoms with Gasteiger partial charge in [0.15, 0.2) is 0 Å². The summed E-state index contributed by atoms with van der Waals surface area (Å²) in [7, 11) is -1.55. The largest absolute Gasteiger partial charge is 0.329 e. The predicted octanol–water partition coefficient (Wildman–Crippen LogP) is -0.637. The van der Waals surface area contributed by atoms with Crippen LogP contribution < -0.4 is 4.72 Å². The van der Waals surface area contributed by atoms with E-state index >= 15 is 0 Å². The van der Waals surface area contributed by atoms with Gasteiger partial charge in [0, 0.05) is 32.5 Å². The normalized spacial score (nSPS) is 18.0. The van der Waals surface area contributed by atoms with E-state index in [0.29, 0.717) is 18.8 Å². The molecule has 0 unspecified atom stereocenters. The van der Waals surface area contributed by atoms with E-state index in [9.17, 15) is 13.2 Å². The molecule has 10 heteroatoms. The van der Waals surface area contributed by atoms with Gasteiger partial charge in [0.05, 0.1) is 30.9 Å². The van der Waals surface area contributed by atoms with E-state index in [4.69, 9.17) is 0 Å². The Hall–Kier alpha value is -2.20. The number of amides is 1. The second kappa shape index (κ2) is 5.78. The van der Waals surface area contributed by atoms with Gasteiger partial charge in [0.2, 0.25) is 10.0 Å². The SMILES string of the molecule is Cn1ccc(C(=O)N2Cc3cncn3[C@@H](CNS(C)(=O)=O)C2)n1. The van der Waals surface area contributed by atoms with Crippen molar-refractivity contribution in [1.82, 2.24) is 29.0 Å². The fourth-order valence-electron chi connectivity index (χ4n) is 2.64. The van der Waals surface area contributed by atoms with E-state index in [2.05, 4.69) is 14.8 Å². The molecule has 2 aromatic rings. The number of aryl methyl sites for hydroxylation is 1. The maximum atomic E-state index is 12.6. The molecule has 0 radical (unpaired) electrons. The van der Waals surface area contributed by atoms with Crippen LogP contribution in [0.15, 0.2) is 24.8 Å². The minimum Gasteiger partial charge on any atom is -0.329 e. The van der Waals surface area contributed by atoms with Crippen LogP contribution in [-0.4, -0.2) is 57.9 Å². The standard InChI is InChI=1S/C13H18N6O3S/c1-17-4-3-12(16-17)13(20)18-7-10-5-14-9-19(10)11(8-18)6-15-23(2,21)22/h3-5,9,11,15H,6-8H2,1-2H3/t11-/m0/s1. The van der Waals surface area contributed by atoms with Crippen LogP contribution in [0.1, 0.15) is 22.2 Å². The molecule has 1 N–H and O–H groups in total. The van der Waals surface area contributed by atoms with Crippen LogP contribution >= 0.6 is 0 Å². The molecule has 1 amide bonds. The van der Waals surface area contributed by atoms with E-state index in [1.165, 1.54) is 0 Å². The molecule has 0 aliphatic carbocycles. The van der Waals surface area contributed by atoms with Crippen molar-refractivity contribution >= 4 is 15.9 Å². The number of sulfonamides is 1. The highest BCUT2D eigenvalue weighted by molar-refractivity contribution is 7.88. The van der Waals surface area contributed by atoms with Crippen molar-refractivity contribution in [3.05, 3.63) is 36.2 Å². The van der Waals surface area contributed by atoms with Crippen molar-refractivity contribution in [2.45, 2.75) is 12.6 Å². The molecule has 124 valence electrons. The number of fused-ring (bicyclic) bond motifs is 1. The molecule has 0 saturated carbocycles. The van der Waals surface area contributed by atoms with E-state index in [0.717, 1.165) is 11.9 Å². The Morgan fingerprint density at radius 1 is 1.48 bits per heavy atom. The third-order valence-corrected chi connectivity index (χ3v) is 4.42. The smallest absolute Gasteiger partial charge is 0.274 e. The molecule has 1 aliphatic rings. The van der Waals surface area contributed by atoms with Gasteiger partial charge in [-0.05, 0) is 6.07 Å². The minimum absolute atomic E-state index is 0.178. The van der Waals surface area contributed by atoms with Crippen LogP contribution in [0.2, 0.25) is 0 Å². The molecule has 9 nitrogen and oxygen atoms in total. The number of nitrogens with zero attached hydrogens (tertiary/aromatic N) is 5. The van der Waals surface area contributed by atoms with Crippen molar-refractivity contribution in [2.24, 2.45) is 7.05 Å². The van der Waals surface area contributed by atoms with Crippen molar-refractivity contribution < 1.29 is 13.2 Å². The lowest BCUT2D eigenvalue weighted by Gasteiger charge is -2.34. The maximum absolute atomic E-state index is 12.6. The third-order valence-electron chi connectivity index (χ3n) is 3.72. The topological polar surface area (TPSA) is 102 Å². The lowest BCUT2D eigenvalue weighted by molar-refractivity contribution is 0.0673. The quantitative estimate of drug-likeness (QED) is 0.799. The van der Waals surface area contributed by atoms with E-state index in [1.807, 2.05) is 4.57 Å². The number of carbonyl (C=O) groups is 1. The zero-order valence-electron chi connectivity index (χ0n) is 12.9. The first kappa shape index (κ1) is 15.7. The number of nitrogens with one attached hydrogen (secondary N) is 1. The zero-order valence-corrected chi connectivity index (χ0v) is 13.7. The van der Waals surface area contributed by atoms with Gasteiger partial charge in [-0.2, -0.15) is 5.10 Å². The van der Waals surface area contributed by atoms with Gasteiger partial charge in [-0.15, -0.1) is 0 Å². The van der Waals surface area contributed by atoms with Crippen molar-refractivity contribution in [3.63, 3.8) is 0 Å². The maximum Gasteiger partial charge on any atom is 0.274 e. The summed E-state index contributed by atoms with van der Waals surface area (Å²) in [4.78, 5) is 18.3. The molecule has 3 heterocycles. The molecule has 0 fully saturated rings. The van der Waals surface area contributed by atoms with E-state index in [1.54, 1.807) is 41.4 Å².